The van der Waals surface area contributed by atoms with Crippen LogP contribution in [0.4, 0.5) is 4.39 Å². The molecule has 1 aliphatic rings. The van der Waals surface area contributed by atoms with Crippen molar-refractivity contribution in [2.75, 3.05) is 0 Å². The maximum absolute atomic E-state index is 13.6. The molecule has 1 N–H and O–H groups in total. The molecule has 0 bridgehead atoms. The molecule has 0 radical (unpaired) electrons. The van der Waals surface area contributed by atoms with Crippen LogP contribution in [0.25, 0.3) is 11.1 Å². The van der Waals surface area contributed by atoms with E-state index in [1.54, 1.807) is 6.07 Å². The summed E-state index contributed by atoms with van der Waals surface area (Å²) in [4.78, 5) is 0. The lowest BCUT2D eigenvalue weighted by molar-refractivity contribution is 0.625. The third-order valence-electron chi connectivity index (χ3n) is 3.79. The summed E-state index contributed by atoms with van der Waals surface area (Å²) in [5.74, 6) is -0.196. The second-order valence-electron chi connectivity index (χ2n) is 5.44. The molecule has 0 spiro atoms. The summed E-state index contributed by atoms with van der Waals surface area (Å²) in [6.07, 6.45) is 4.51. The van der Waals surface area contributed by atoms with Gasteiger partial charge in [0.1, 0.15) is 5.82 Å². The Balaban J connectivity index is 1.96. The second kappa shape index (κ2) is 5.37. The van der Waals surface area contributed by atoms with Crippen LogP contribution in [-0.4, -0.2) is 15.8 Å². The van der Waals surface area contributed by atoms with Crippen LogP contribution < -0.4 is 5.32 Å². The summed E-state index contributed by atoms with van der Waals surface area (Å²) < 4.78 is 15.5. The van der Waals surface area contributed by atoms with E-state index >= 15 is 0 Å². The predicted octanol–water partition coefficient (Wildman–Crippen LogP) is 3.27. The molecular formula is C16H20FN3. The fraction of sp³-hybridized carbons (Fsp3) is 0.438. The van der Waals surface area contributed by atoms with Crippen molar-refractivity contribution >= 4 is 0 Å². The van der Waals surface area contributed by atoms with E-state index in [0.717, 1.165) is 35.5 Å². The van der Waals surface area contributed by atoms with Gasteiger partial charge in [0.25, 0.3) is 0 Å². The van der Waals surface area contributed by atoms with E-state index in [9.17, 15) is 4.39 Å². The molecule has 0 atom stereocenters. The molecule has 1 aromatic carbocycles. The fourth-order valence-corrected chi connectivity index (χ4v) is 2.44. The molecule has 1 saturated carbocycles. The monoisotopic (exact) mass is 273 g/mol. The third-order valence-corrected chi connectivity index (χ3v) is 3.79. The molecule has 0 saturated heterocycles. The Kier molecular flexibility index (Phi) is 3.57. The second-order valence-corrected chi connectivity index (χ2v) is 5.44. The first-order chi connectivity index (χ1) is 9.67. The average molecular weight is 273 g/mol. The largest absolute Gasteiger partial charge is 0.310 e. The Morgan fingerprint density at radius 1 is 1.35 bits per heavy atom. The standard InChI is InChI=1S/C16H20FN3/c1-3-20-10-16(11(2)19-20)15-8-13(17)5-4-12(15)9-18-14-6-7-14/h4-5,8,10,14,18H,3,6-7,9H2,1-2H3. The quantitative estimate of drug-likeness (QED) is 0.906. The minimum Gasteiger partial charge on any atom is -0.310 e. The highest BCUT2D eigenvalue weighted by Crippen LogP contribution is 2.28. The molecule has 2 aromatic rings. The zero-order chi connectivity index (χ0) is 14.1. The highest BCUT2D eigenvalue weighted by molar-refractivity contribution is 5.69. The lowest BCUT2D eigenvalue weighted by atomic mass is 10.00. The van der Waals surface area contributed by atoms with Crippen molar-refractivity contribution in [1.29, 1.82) is 0 Å². The van der Waals surface area contributed by atoms with Gasteiger partial charge in [0.05, 0.1) is 5.69 Å². The zero-order valence-corrected chi connectivity index (χ0v) is 12.0. The zero-order valence-electron chi connectivity index (χ0n) is 12.0. The van der Waals surface area contributed by atoms with Gasteiger partial charge in [-0.25, -0.2) is 4.39 Å². The Hall–Kier alpha value is -1.68. The number of nitrogens with one attached hydrogen (secondary N) is 1. The van der Waals surface area contributed by atoms with Crippen molar-refractivity contribution < 1.29 is 4.39 Å². The van der Waals surface area contributed by atoms with Crippen LogP contribution in [0.1, 0.15) is 31.0 Å². The molecule has 1 aliphatic carbocycles. The van der Waals surface area contributed by atoms with E-state index in [0.29, 0.717) is 6.04 Å². The number of hydrogen-bond donors (Lipinski definition) is 1. The molecular weight excluding hydrogens is 253 g/mol. The minimum atomic E-state index is -0.196. The summed E-state index contributed by atoms with van der Waals surface area (Å²) in [5, 5.41) is 7.95. The number of hydrogen-bond acceptors (Lipinski definition) is 2. The summed E-state index contributed by atoms with van der Waals surface area (Å²) in [5.41, 5.74) is 4.07. The first-order valence-corrected chi connectivity index (χ1v) is 7.23. The van der Waals surface area contributed by atoms with Crippen LogP contribution in [0.2, 0.25) is 0 Å². The Morgan fingerprint density at radius 2 is 2.15 bits per heavy atom. The van der Waals surface area contributed by atoms with Crippen LogP contribution in [0.15, 0.2) is 24.4 Å². The van der Waals surface area contributed by atoms with Gasteiger partial charge in [-0.3, -0.25) is 4.68 Å². The predicted molar refractivity (Wildman–Crippen MR) is 77.9 cm³/mol. The number of rotatable bonds is 5. The summed E-state index contributed by atoms with van der Waals surface area (Å²) in [6, 6.07) is 5.68. The normalized spacial score (nSPS) is 14.8. The van der Waals surface area contributed by atoms with Gasteiger partial charge in [-0.15, -0.1) is 0 Å². The van der Waals surface area contributed by atoms with E-state index in [4.69, 9.17) is 0 Å². The number of aromatic nitrogens is 2. The summed E-state index contributed by atoms with van der Waals surface area (Å²) in [7, 11) is 0. The molecule has 0 aliphatic heterocycles. The number of aryl methyl sites for hydroxylation is 2. The Bertz CT molecular complexity index is 614. The fourth-order valence-electron chi connectivity index (χ4n) is 2.44. The number of halogens is 1. The first-order valence-electron chi connectivity index (χ1n) is 7.23. The molecule has 4 heteroatoms. The third kappa shape index (κ3) is 2.75. The summed E-state index contributed by atoms with van der Waals surface area (Å²) in [6.45, 7) is 5.64. The lowest BCUT2D eigenvalue weighted by Gasteiger charge is -2.10. The molecule has 3 rings (SSSR count). The van der Waals surface area contributed by atoms with E-state index in [1.807, 2.05) is 23.9 Å². The van der Waals surface area contributed by atoms with Crippen molar-refractivity contribution in [2.24, 2.45) is 0 Å². The van der Waals surface area contributed by atoms with Crippen molar-refractivity contribution in [3.63, 3.8) is 0 Å². The van der Waals surface area contributed by atoms with Crippen LogP contribution >= 0.6 is 0 Å². The number of benzene rings is 1. The van der Waals surface area contributed by atoms with Crippen molar-refractivity contribution in [3.8, 4) is 11.1 Å². The highest BCUT2D eigenvalue weighted by atomic mass is 19.1. The van der Waals surface area contributed by atoms with Crippen molar-refractivity contribution in [2.45, 2.75) is 45.8 Å². The maximum Gasteiger partial charge on any atom is 0.123 e. The van der Waals surface area contributed by atoms with Crippen LogP contribution in [-0.2, 0) is 13.1 Å². The van der Waals surface area contributed by atoms with E-state index in [1.165, 1.54) is 18.9 Å². The molecule has 3 nitrogen and oxygen atoms in total. The van der Waals surface area contributed by atoms with Crippen LogP contribution in [0.3, 0.4) is 0 Å². The first kappa shape index (κ1) is 13.3. The smallest absolute Gasteiger partial charge is 0.123 e. The maximum atomic E-state index is 13.6. The molecule has 106 valence electrons. The minimum absolute atomic E-state index is 0.196. The van der Waals surface area contributed by atoms with Gasteiger partial charge in [0.2, 0.25) is 0 Å². The van der Waals surface area contributed by atoms with Gasteiger partial charge < -0.3 is 5.32 Å². The summed E-state index contributed by atoms with van der Waals surface area (Å²) >= 11 is 0. The molecule has 0 unspecified atom stereocenters. The molecule has 20 heavy (non-hydrogen) atoms. The highest BCUT2D eigenvalue weighted by Gasteiger charge is 2.21. The van der Waals surface area contributed by atoms with Crippen LogP contribution in [0.5, 0.6) is 0 Å². The topological polar surface area (TPSA) is 29.9 Å². The molecule has 0 amide bonds. The Morgan fingerprint density at radius 3 is 2.80 bits per heavy atom. The Labute approximate surface area is 118 Å². The van der Waals surface area contributed by atoms with E-state index in [-0.39, 0.29) is 5.82 Å². The van der Waals surface area contributed by atoms with Gasteiger partial charge >= 0.3 is 0 Å². The lowest BCUT2D eigenvalue weighted by Crippen LogP contribution is -2.16. The van der Waals surface area contributed by atoms with Crippen molar-refractivity contribution in [3.05, 3.63) is 41.5 Å². The average Bonchev–Trinajstić information content (AvgIpc) is 3.19. The molecule has 1 aromatic heterocycles. The SMILES string of the molecule is CCn1cc(-c2cc(F)ccc2CNC2CC2)c(C)n1. The van der Waals surface area contributed by atoms with Crippen LogP contribution in [0, 0.1) is 12.7 Å². The number of nitrogens with zero attached hydrogens (tertiary/aromatic N) is 2. The van der Waals surface area contributed by atoms with Crippen molar-refractivity contribution in [1.82, 2.24) is 15.1 Å². The molecule has 1 heterocycles. The van der Waals surface area contributed by atoms with Gasteiger partial charge in [-0.2, -0.15) is 5.10 Å². The van der Waals surface area contributed by atoms with Gasteiger partial charge in [0, 0.05) is 30.9 Å². The van der Waals surface area contributed by atoms with Gasteiger partial charge in [0.15, 0.2) is 0 Å². The van der Waals surface area contributed by atoms with E-state index < -0.39 is 0 Å². The van der Waals surface area contributed by atoms with Gasteiger partial charge in [-0.05, 0) is 49.9 Å². The van der Waals surface area contributed by atoms with E-state index in [2.05, 4.69) is 17.3 Å². The molecule has 1 fully saturated rings. The van der Waals surface area contributed by atoms with Gasteiger partial charge in [-0.1, -0.05) is 6.07 Å².